The molecule has 0 saturated heterocycles. The molecule has 8 heteroatoms. The second kappa shape index (κ2) is 5.57. The zero-order valence-corrected chi connectivity index (χ0v) is 15.2. The largest absolute Gasteiger partial charge is 0.427 e. The number of amides is 2. The van der Waals surface area contributed by atoms with Crippen molar-refractivity contribution in [2.24, 2.45) is 5.92 Å². The molecule has 3 nitrogen and oxygen atoms in total. The Hall–Kier alpha value is -1.39. The molecule has 0 aromatic heterocycles. The third-order valence-electron chi connectivity index (χ3n) is 4.31. The average Bonchev–Trinajstić information content (AvgIpc) is 3.30. The van der Waals surface area contributed by atoms with Crippen LogP contribution in [0.2, 0.25) is 5.02 Å². The number of carbonyl (C=O) groups is 1. The molecule has 1 heterocycles. The molecule has 1 atom stereocenters. The average molecular weight is 422 g/mol. The fourth-order valence-electron chi connectivity index (χ4n) is 2.75. The van der Waals surface area contributed by atoms with Crippen LogP contribution in [0.15, 0.2) is 16.6 Å². The van der Waals surface area contributed by atoms with Crippen molar-refractivity contribution < 1.29 is 18.0 Å². The minimum atomic E-state index is -4.77. The summed E-state index contributed by atoms with van der Waals surface area (Å²) in [6, 6.07) is 1.87. The molecule has 1 aromatic rings. The first-order chi connectivity index (χ1) is 11.1. The molecule has 1 aromatic carbocycles. The maximum absolute atomic E-state index is 14.2. The summed E-state index contributed by atoms with van der Waals surface area (Å²) in [5.74, 6) is 5.01. The number of fused-ring (bicyclic) bond motifs is 1. The van der Waals surface area contributed by atoms with Gasteiger partial charge >= 0.3 is 12.2 Å². The second-order valence-corrected chi connectivity index (χ2v) is 7.20. The summed E-state index contributed by atoms with van der Waals surface area (Å²) >= 11 is 9.24. The molecule has 0 radical (unpaired) electrons. The van der Waals surface area contributed by atoms with Crippen molar-refractivity contribution in [2.45, 2.75) is 24.6 Å². The van der Waals surface area contributed by atoms with Crippen LogP contribution >= 0.6 is 27.5 Å². The molecule has 1 unspecified atom stereocenters. The van der Waals surface area contributed by atoms with E-state index in [9.17, 15) is 18.0 Å². The van der Waals surface area contributed by atoms with Crippen molar-refractivity contribution in [3.8, 4) is 11.8 Å². The number of urea groups is 1. The van der Waals surface area contributed by atoms with Crippen LogP contribution in [0.5, 0.6) is 0 Å². The molecule has 1 aliphatic carbocycles. The minimum absolute atomic E-state index is 0.0400. The van der Waals surface area contributed by atoms with E-state index in [0.717, 1.165) is 19.9 Å². The van der Waals surface area contributed by atoms with Crippen LogP contribution in [-0.4, -0.2) is 31.2 Å². The van der Waals surface area contributed by atoms with Crippen molar-refractivity contribution in [1.82, 2.24) is 4.90 Å². The van der Waals surface area contributed by atoms with Gasteiger partial charge in [0, 0.05) is 30.0 Å². The van der Waals surface area contributed by atoms with Crippen LogP contribution in [0.25, 0.3) is 0 Å². The highest BCUT2D eigenvalue weighted by molar-refractivity contribution is 9.10. The molecule has 0 spiro atoms. The van der Waals surface area contributed by atoms with Crippen LogP contribution in [0.1, 0.15) is 18.4 Å². The Morgan fingerprint density at radius 2 is 1.96 bits per heavy atom. The van der Waals surface area contributed by atoms with Gasteiger partial charge in [0.15, 0.2) is 0 Å². The number of hydrogen-bond donors (Lipinski definition) is 0. The third-order valence-corrected chi connectivity index (χ3v) is 5.51. The maximum Gasteiger partial charge on any atom is 0.427 e. The monoisotopic (exact) mass is 420 g/mol. The Morgan fingerprint density at radius 1 is 1.33 bits per heavy atom. The summed E-state index contributed by atoms with van der Waals surface area (Å²) in [5, 5.41) is 0.131. The highest BCUT2D eigenvalue weighted by Gasteiger charge is 2.63. The molecular formula is C16H13BrClF3N2O. The van der Waals surface area contributed by atoms with E-state index >= 15 is 0 Å². The number of carbonyl (C=O) groups excluding carboxylic acids is 1. The van der Waals surface area contributed by atoms with Crippen LogP contribution in [0.4, 0.5) is 23.7 Å². The standard InChI is InChI=1S/C16H13BrClF3N2O/c1-22-13-8-11(17)12(18)7-10(13)15(16(19,20)21,23(2)14(22)24)6-5-9-3-4-9/h7-9H,3-4H2,1-2H3. The molecule has 1 aliphatic heterocycles. The summed E-state index contributed by atoms with van der Waals surface area (Å²) < 4.78 is 42.9. The third kappa shape index (κ3) is 2.47. The van der Waals surface area contributed by atoms with Crippen molar-refractivity contribution >= 4 is 39.2 Å². The van der Waals surface area contributed by atoms with E-state index in [1.807, 2.05) is 0 Å². The highest BCUT2D eigenvalue weighted by Crippen LogP contribution is 2.51. The summed E-state index contributed by atoms with van der Waals surface area (Å²) in [5.41, 5.74) is -2.71. The van der Waals surface area contributed by atoms with E-state index in [4.69, 9.17) is 11.6 Å². The lowest BCUT2D eigenvalue weighted by atomic mass is 9.84. The van der Waals surface area contributed by atoms with Crippen molar-refractivity contribution in [3.63, 3.8) is 0 Å². The topological polar surface area (TPSA) is 23.6 Å². The lowest BCUT2D eigenvalue weighted by Gasteiger charge is -2.46. The van der Waals surface area contributed by atoms with Gasteiger partial charge in [-0.25, -0.2) is 4.79 Å². The van der Waals surface area contributed by atoms with E-state index in [1.165, 1.54) is 24.1 Å². The predicted molar refractivity (Wildman–Crippen MR) is 88.9 cm³/mol. The van der Waals surface area contributed by atoms with Gasteiger partial charge < -0.3 is 0 Å². The van der Waals surface area contributed by atoms with Crippen LogP contribution < -0.4 is 4.90 Å². The van der Waals surface area contributed by atoms with Crippen molar-refractivity contribution in [1.29, 1.82) is 0 Å². The number of alkyl halides is 3. The number of anilines is 1. The second-order valence-electron chi connectivity index (χ2n) is 5.94. The van der Waals surface area contributed by atoms with Gasteiger partial charge in [0.1, 0.15) is 0 Å². The molecule has 2 amide bonds. The van der Waals surface area contributed by atoms with Gasteiger partial charge in [0.25, 0.3) is 0 Å². The normalized spacial score (nSPS) is 23.7. The van der Waals surface area contributed by atoms with E-state index in [1.54, 1.807) is 0 Å². The number of halogens is 5. The Kier molecular flexibility index (Phi) is 4.04. The molecule has 1 fully saturated rings. The number of hydrogen-bond acceptors (Lipinski definition) is 1. The van der Waals surface area contributed by atoms with Gasteiger partial charge in [-0.3, -0.25) is 9.80 Å². The molecule has 1 saturated carbocycles. The SMILES string of the molecule is CN1C(=O)N(C)C(C#CC2CC2)(C(F)(F)F)c2cc(Cl)c(Br)cc21. The summed E-state index contributed by atoms with van der Waals surface area (Å²) in [6.45, 7) is 0. The highest BCUT2D eigenvalue weighted by atomic mass is 79.9. The lowest BCUT2D eigenvalue weighted by Crippen LogP contribution is -2.62. The molecule has 2 aliphatic rings. The zero-order valence-electron chi connectivity index (χ0n) is 12.8. The van der Waals surface area contributed by atoms with Gasteiger partial charge in [0.2, 0.25) is 5.54 Å². The number of nitrogens with zero attached hydrogens (tertiary/aromatic N) is 2. The first-order valence-corrected chi connectivity index (χ1v) is 8.37. The minimum Gasteiger partial charge on any atom is -0.299 e. The van der Waals surface area contributed by atoms with E-state index in [2.05, 4.69) is 27.8 Å². The fourth-order valence-corrected chi connectivity index (χ4v) is 3.25. The van der Waals surface area contributed by atoms with Gasteiger partial charge in [-0.2, -0.15) is 13.2 Å². The predicted octanol–water partition coefficient (Wildman–Crippen LogP) is 4.78. The smallest absolute Gasteiger partial charge is 0.299 e. The Labute approximate surface area is 150 Å². The number of rotatable bonds is 0. The Balaban J connectivity index is 2.35. The van der Waals surface area contributed by atoms with Crippen molar-refractivity contribution in [3.05, 3.63) is 27.2 Å². The van der Waals surface area contributed by atoms with Gasteiger partial charge in [-0.15, -0.1) is 0 Å². The summed E-state index contributed by atoms with van der Waals surface area (Å²) in [7, 11) is 2.54. The van der Waals surface area contributed by atoms with Gasteiger partial charge in [-0.1, -0.05) is 23.4 Å². The first-order valence-electron chi connectivity index (χ1n) is 7.20. The zero-order chi connectivity index (χ0) is 17.9. The molecule has 128 valence electrons. The van der Waals surface area contributed by atoms with Crippen molar-refractivity contribution in [2.75, 3.05) is 19.0 Å². The Morgan fingerprint density at radius 3 is 2.50 bits per heavy atom. The molecular weight excluding hydrogens is 409 g/mol. The summed E-state index contributed by atoms with van der Waals surface area (Å²) in [4.78, 5) is 14.3. The van der Waals surface area contributed by atoms with Crippen LogP contribution in [0.3, 0.4) is 0 Å². The van der Waals surface area contributed by atoms with Crippen LogP contribution in [-0.2, 0) is 5.54 Å². The first kappa shape index (κ1) is 17.4. The van der Waals surface area contributed by atoms with E-state index in [-0.39, 0.29) is 22.2 Å². The van der Waals surface area contributed by atoms with Gasteiger partial charge in [-0.05, 0) is 40.9 Å². The quantitative estimate of drug-likeness (QED) is 0.553. The molecule has 0 N–H and O–H groups in total. The lowest BCUT2D eigenvalue weighted by molar-refractivity contribution is -0.204. The molecule has 3 rings (SSSR count). The van der Waals surface area contributed by atoms with E-state index in [0.29, 0.717) is 9.37 Å². The Bertz CT molecular complexity index is 782. The molecule has 0 bridgehead atoms. The maximum atomic E-state index is 14.2. The summed E-state index contributed by atoms with van der Waals surface area (Å²) in [6.07, 6.45) is -3.20. The fraction of sp³-hybridized carbons (Fsp3) is 0.438. The van der Waals surface area contributed by atoms with Gasteiger partial charge in [0.05, 0.1) is 10.7 Å². The molecule has 24 heavy (non-hydrogen) atoms. The van der Waals surface area contributed by atoms with E-state index < -0.39 is 17.7 Å². The number of benzene rings is 1. The van der Waals surface area contributed by atoms with Crippen LogP contribution in [0, 0.1) is 17.8 Å².